The van der Waals surface area contributed by atoms with Crippen LogP contribution in [0.25, 0.3) is 28.3 Å². The first-order valence-electron chi connectivity index (χ1n) is 7.15. The molecule has 0 bridgehead atoms. The number of hydrogen-bond donors (Lipinski definition) is 2. The fourth-order valence-electron chi connectivity index (χ4n) is 2.64. The van der Waals surface area contributed by atoms with E-state index in [1.54, 1.807) is 36.5 Å². The molecule has 5 nitrogen and oxygen atoms in total. The Labute approximate surface area is 132 Å². The SMILES string of the molecule is Oc1ccccc1-c1nc(-c2ncccc2O)c2ccccn12. The molecule has 4 rings (SSSR count). The minimum Gasteiger partial charge on any atom is -0.507 e. The molecule has 0 aliphatic heterocycles. The van der Waals surface area contributed by atoms with Crippen molar-refractivity contribution in [3.8, 4) is 34.3 Å². The predicted octanol–water partition coefficient (Wildman–Crippen LogP) is 3.47. The number of hydrogen-bond acceptors (Lipinski definition) is 4. The van der Waals surface area contributed by atoms with E-state index in [1.165, 1.54) is 0 Å². The number of nitrogens with zero attached hydrogens (tertiary/aromatic N) is 3. The summed E-state index contributed by atoms with van der Waals surface area (Å²) < 4.78 is 1.87. The molecule has 0 saturated heterocycles. The average Bonchev–Trinajstić information content (AvgIpc) is 2.95. The molecular weight excluding hydrogens is 290 g/mol. The van der Waals surface area contributed by atoms with Crippen LogP contribution in [0.15, 0.2) is 67.0 Å². The van der Waals surface area contributed by atoms with Crippen molar-refractivity contribution >= 4 is 5.52 Å². The lowest BCUT2D eigenvalue weighted by Crippen LogP contribution is -1.88. The zero-order chi connectivity index (χ0) is 15.8. The van der Waals surface area contributed by atoms with Crippen LogP contribution in [0, 0.1) is 0 Å². The molecule has 5 heteroatoms. The van der Waals surface area contributed by atoms with Gasteiger partial charge in [0.05, 0.1) is 11.1 Å². The molecular formula is C18H13N3O2. The quantitative estimate of drug-likeness (QED) is 0.595. The van der Waals surface area contributed by atoms with Crippen molar-refractivity contribution in [1.29, 1.82) is 0 Å². The second-order valence-corrected chi connectivity index (χ2v) is 5.13. The summed E-state index contributed by atoms with van der Waals surface area (Å²) in [6, 6.07) is 16.0. The second kappa shape index (κ2) is 5.14. The van der Waals surface area contributed by atoms with E-state index in [1.807, 2.05) is 34.9 Å². The van der Waals surface area contributed by atoms with Gasteiger partial charge in [-0.05, 0) is 36.4 Å². The van der Waals surface area contributed by atoms with E-state index < -0.39 is 0 Å². The number of phenolic OH excluding ortho intramolecular Hbond substituents is 1. The molecule has 0 amide bonds. The Morgan fingerprint density at radius 3 is 2.39 bits per heavy atom. The third-order valence-corrected chi connectivity index (χ3v) is 3.70. The van der Waals surface area contributed by atoms with Crippen LogP contribution in [-0.2, 0) is 0 Å². The highest BCUT2D eigenvalue weighted by molar-refractivity contribution is 5.83. The molecule has 0 saturated carbocycles. The minimum atomic E-state index is 0.0696. The van der Waals surface area contributed by atoms with Crippen molar-refractivity contribution in [2.24, 2.45) is 0 Å². The van der Waals surface area contributed by atoms with Crippen molar-refractivity contribution < 1.29 is 10.2 Å². The third kappa shape index (κ3) is 2.10. The zero-order valence-electron chi connectivity index (χ0n) is 12.1. The summed E-state index contributed by atoms with van der Waals surface area (Å²) in [4.78, 5) is 8.87. The van der Waals surface area contributed by atoms with E-state index in [2.05, 4.69) is 9.97 Å². The van der Waals surface area contributed by atoms with E-state index >= 15 is 0 Å². The summed E-state index contributed by atoms with van der Waals surface area (Å²) in [5.41, 5.74) is 2.41. The van der Waals surface area contributed by atoms with Gasteiger partial charge in [-0.15, -0.1) is 0 Å². The Balaban J connectivity index is 2.06. The van der Waals surface area contributed by atoms with Crippen molar-refractivity contribution in [3.63, 3.8) is 0 Å². The predicted molar refractivity (Wildman–Crippen MR) is 87.2 cm³/mol. The molecule has 0 fully saturated rings. The lowest BCUT2D eigenvalue weighted by Gasteiger charge is -2.03. The number of benzene rings is 1. The van der Waals surface area contributed by atoms with Crippen LogP contribution in [0.3, 0.4) is 0 Å². The van der Waals surface area contributed by atoms with Crippen molar-refractivity contribution in [2.75, 3.05) is 0 Å². The summed E-state index contributed by atoms with van der Waals surface area (Å²) >= 11 is 0. The van der Waals surface area contributed by atoms with Crippen LogP contribution < -0.4 is 0 Å². The molecule has 1 aromatic carbocycles. The number of rotatable bonds is 2. The minimum absolute atomic E-state index is 0.0696. The molecule has 0 radical (unpaired) electrons. The number of phenols is 1. The Hall–Kier alpha value is -3.34. The van der Waals surface area contributed by atoms with Crippen LogP contribution in [0.2, 0.25) is 0 Å². The van der Waals surface area contributed by atoms with Gasteiger partial charge in [0.2, 0.25) is 0 Å². The van der Waals surface area contributed by atoms with Crippen LogP contribution in [0.1, 0.15) is 0 Å². The number of para-hydroxylation sites is 1. The first kappa shape index (κ1) is 13.3. The normalized spacial score (nSPS) is 11.0. The number of fused-ring (bicyclic) bond motifs is 1. The molecule has 0 aliphatic rings. The smallest absolute Gasteiger partial charge is 0.149 e. The Morgan fingerprint density at radius 2 is 1.57 bits per heavy atom. The van der Waals surface area contributed by atoms with E-state index in [-0.39, 0.29) is 11.5 Å². The number of aromatic nitrogens is 3. The van der Waals surface area contributed by atoms with Gasteiger partial charge in [0.15, 0.2) is 0 Å². The summed E-state index contributed by atoms with van der Waals surface area (Å²) in [5, 5.41) is 20.2. The van der Waals surface area contributed by atoms with Gasteiger partial charge in [0.25, 0.3) is 0 Å². The fraction of sp³-hybridized carbons (Fsp3) is 0. The molecule has 112 valence electrons. The van der Waals surface area contributed by atoms with Gasteiger partial charge in [0, 0.05) is 12.4 Å². The van der Waals surface area contributed by atoms with Gasteiger partial charge < -0.3 is 10.2 Å². The Bertz CT molecular complexity index is 929. The molecule has 0 unspecified atom stereocenters. The molecule has 3 heterocycles. The number of imidazole rings is 1. The molecule has 4 aromatic rings. The first-order valence-corrected chi connectivity index (χ1v) is 7.15. The van der Waals surface area contributed by atoms with Crippen LogP contribution in [0.4, 0.5) is 0 Å². The second-order valence-electron chi connectivity index (χ2n) is 5.13. The van der Waals surface area contributed by atoms with Gasteiger partial charge in [0.1, 0.15) is 28.7 Å². The number of aromatic hydroxyl groups is 2. The van der Waals surface area contributed by atoms with E-state index in [4.69, 9.17) is 0 Å². The van der Waals surface area contributed by atoms with Gasteiger partial charge in [-0.3, -0.25) is 9.38 Å². The summed E-state index contributed by atoms with van der Waals surface area (Å²) in [7, 11) is 0. The lowest BCUT2D eigenvalue weighted by molar-refractivity contribution is 0.475. The maximum atomic E-state index is 10.1. The Morgan fingerprint density at radius 1 is 0.783 bits per heavy atom. The van der Waals surface area contributed by atoms with Crippen molar-refractivity contribution in [1.82, 2.24) is 14.4 Å². The van der Waals surface area contributed by atoms with Crippen molar-refractivity contribution in [3.05, 3.63) is 67.0 Å². The summed E-state index contributed by atoms with van der Waals surface area (Å²) in [6.07, 6.45) is 3.48. The lowest BCUT2D eigenvalue weighted by atomic mass is 10.2. The summed E-state index contributed by atoms with van der Waals surface area (Å²) in [6.45, 7) is 0. The molecule has 0 atom stereocenters. The topological polar surface area (TPSA) is 70.7 Å². The standard InChI is InChI=1S/C18H13N3O2/c22-14-8-2-1-6-12(14)18-20-16(13-7-3-4-11-21(13)18)17-15(23)9-5-10-19-17/h1-11,22-23H. The molecule has 2 N–H and O–H groups in total. The molecule has 0 spiro atoms. The zero-order valence-corrected chi connectivity index (χ0v) is 12.1. The van der Waals surface area contributed by atoms with E-state index in [0.29, 0.717) is 22.8 Å². The van der Waals surface area contributed by atoms with Crippen LogP contribution >= 0.6 is 0 Å². The molecule has 0 aliphatic carbocycles. The summed E-state index contributed by atoms with van der Waals surface area (Å²) in [5.74, 6) is 0.819. The highest BCUT2D eigenvalue weighted by Crippen LogP contribution is 2.35. The van der Waals surface area contributed by atoms with Crippen molar-refractivity contribution in [2.45, 2.75) is 0 Å². The van der Waals surface area contributed by atoms with E-state index in [0.717, 1.165) is 5.52 Å². The van der Waals surface area contributed by atoms with Gasteiger partial charge in [-0.2, -0.15) is 0 Å². The molecule has 3 aromatic heterocycles. The fourth-order valence-corrected chi connectivity index (χ4v) is 2.64. The van der Waals surface area contributed by atoms with Crippen LogP contribution in [0.5, 0.6) is 11.5 Å². The monoisotopic (exact) mass is 303 g/mol. The van der Waals surface area contributed by atoms with Crippen LogP contribution in [-0.4, -0.2) is 24.6 Å². The van der Waals surface area contributed by atoms with Gasteiger partial charge in [-0.1, -0.05) is 18.2 Å². The third-order valence-electron chi connectivity index (χ3n) is 3.70. The van der Waals surface area contributed by atoms with Gasteiger partial charge >= 0.3 is 0 Å². The van der Waals surface area contributed by atoms with Gasteiger partial charge in [-0.25, -0.2) is 4.98 Å². The number of pyridine rings is 2. The first-order chi connectivity index (χ1) is 11.3. The van der Waals surface area contributed by atoms with E-state index in [9.17, 15) is 10.2 Å². The average molecular weight is 303 g/mol. The highest BCUT2D eigenvalue weighted by atomic mass is 16.3. The Kier molecular flexibility index (Phi) is 2.98. The molecule has 23 heavy (non-hydrogen) atoms. The largest absolute Gasteiger partial charge is 0.507 e. The highest BCUT2D eigenvalue weighted by Gasteiger charge is 2.18. The maximum absolute atomic E-state index is 10.1. The maximum Gasteiger partial charge on any atom is 0.149 e.